The van der Waals surface area contributed by atoms with Crippen LogP contribution in [-0.2, 0) is 14.9 Å². The molecule has 1 aliphatic carbocycles. The van der Waals surface area contributed by atoms with Gasteiger partial charge >= 0.3 is 5.97 Å². The second-order valence-electron chi connectivity index (χ2n) is 3.71. The highest BCUT2D eigenvalue weighted by molar-refractivity contribution is 7.10. The topological polar surface area (TPSA) is 46.5 Å². The smallest absolute Gasteiger partial charge is 0.333 e. The van der Waals surface area contributed by atoms with E-state index >= 15 is 0 Å². The number of methoxy groups -OCH3 is 1. The van der Waals surface area contributed by atoms with Crippen molar-refractivity contribution in [1.29, 1.82) is 0 Å². The summed E-state index contributed by atoms with van der Waals surface area (Å²) in [6.07, 6.45) is 0.879. The van der Waals surface area contributed by atoms with Crippen molar-refractivity contribution in [3.63, 3.8) is 0 Å². The van der Waals surface area contributed by atoms with Crippen molar-refractivity contribution in [2.75, 3.05) is 7.11 Å². The molecule has 0 amide bonds. The summed E-state index contributed by atoms with van der Waals surface area (Å²) >= 11 is 7.54. The number of carbonyl (C=O) groups is 1. The summed E-state index contributed by atoms with van der Waals surface area (Å²) in [7, 11) is 1.43. The molecule has 1 N–H and O–H groups in total. The molecule has 1 aromatic rings. The lowest BCUT2D eigenvalue weighted by molar-refractivity contribution is -0.150. The van der Waals surface area contributed by atoms with Crippen LogP contribution in [0.2, 0.25) is 5.02 Å². The van der Waals surface area contributed by atoms with E-state index in [-0.39, 0.29) is 5.41 Å². The minimum Gasteiger partial charge on any atom is -0.479 e. The number of carboxylic acid groups (broad SMARTS) is 1. The zero-order valence-electron chi connectivity index (χ0n) is 8.20. The summed E-state index contributed by atoms with van der Waals surface area (Å²) in [4.78, 5) is 12.0. The van der Waals surface area contributed by atoms with E-state index in [1.54, 1.807) is 6.07 Å². The molecule has 5 heteroatoms. The molecule has 1 unspecified atom stereocenters. The van der Waals surface area contributed by atoms with Crippen LogP contribution in [0.5, 0.6) is 0 Å². The molecule has 0 aliphatic heterocycles. The van der Waals surface area contributed by atoms with E-state index in [0.29, 0.717) is 5.02 Å². The normalized spacial score (nSPS) is 19.9. The third kappa shape index (κ3) is 1.67. The maximum absolute atomic E-state index is 11.1. The predicted molar refractivity (Wildman–Crippen MR) is 58.7 cm³/mol. The Morgan fingerprint density at radius 2 is 2.40 bits per heavy atom. The van der Waals surface area contributed by atoms with E-state index in [1.165, 1.54) is 18.4 Å². The van der Waals surface area contributed by atoms with Crippen LogP contribution in [0, 0.1) is 0 Å². The molecule has 1 aliphatic rings. The van der Waals surface area contributed by atoms with Gasteiger partial charge in [0.25, 0.3) is 0 Å². The molecule has 82 valence electrons. The monoisotopic (exact) mass is 246 g/mol. The minimum atomic E-state index is -0.917. The van der Waals surface area contributed by atoms with Crippen LogP contribution in [-0.4, -0.2) is 24.3 Å². The van der Waals surface area contributed by atoms with Crippen LogP contribution in [0.15, 0.2) is 11.4 Å². The van der Waals surface area contributed by atoms with E-state index in [2.05, 4.69) is 0 Å². The second kappa shape index (κ2) is 3.77. The third-order valence-electron chi connectivity index (χ3n) is 2.82. The molecule has 1 heterocycles. The van der Waals surface area contributed by atoms with Gasteiger partial charge in [-0.1, -0.05) is 11.6 Å². The van der Waals surface area contributed by atoms with Gasteiger partial charge in [0.05, 0.1) is 5.02 Å². The van der Waals surface area contributed by atoms with Crippen molar-refractivity contribution in [2.24, 2.45) is 0 Å². The van der Waals surface area contributed by atoms with Gasteiger partial charge in [-0.3, -0.25) is 0 Å². The molecule has 0 saturated heterocycles. The van der Waals surface area contributed by atoms with E-state index in [0.717, 1.165) is 17.7 Å². The summed E-state index contributed by atoms with van der Waals surface area (Å²) in [5.74, 6) is -0.917. The number of ether oxygens (including phenoxy) is 1. The average Bonchev–Trinajstić information content (AvgIpc) is 2.83. The van der Waals surface area contributed by atoms with Gasteiger partial charge in [0.15, 0.2) is 6.10 Å². The molecular formula is C10H11ClO3S. The fourth-order valence-corrected chi connectivity index (χ4v) is 3.48. The van der Waals surface area contributed by atoms with Crippen LogP contribution in [0.1, 0.15) is 17.7 Å². The Balaban J connectivity index is 2.35. The van der Waals surface area contributed by atoms with Crippen LogP contribution < -0.4 is 0 Å². The molecule has 0 spiro atoms. The summed E-state index contributed by atoms with van der Waals surface area (Å²) in [6.45, 7) is 0. The highest BCUT2D eigenvalue weighted by Gasteiger charge is 2.56. The number of hydrogen-bond donors (Lipinski definition) is 1. The van der Waals surface area contributed by atoms with Gasteiger partial charge in [-0.25, -0.2) is 4.79 Å². The van der Waals surface area contributed by atoms with E-state index < -0.39 is 12.1 Å². The van der Waals surface area contributed by atoms with Crippen molar-refractivity contribution in [1.82, 2.24) is 0 Å². The quantitative estimate of drug-likeness (QED) is 0.888. The van der Waals surface area contributed by atoms with E-state index in [9.17, 15) is 4.79 Å². The number of aliphatic carboxylic acids is 1. The number of halogens is 1. The summed E-state index contributed by atoms with van der Waals surface area (Å²) in [5, 5.41) is 11.6. The molecule has 1 fully saturated rings. The molecule has 2 rings (SSSR count). The molecule has 0 aromatic carbocycles. The molecule has 3 nitrogen and oxygen atoms in total. The van der Waals surface area contributed by atoms with Crippen molar-refractivity contribution in [3.8, 4) is 0 Å². The fraction of sp³-hybridized carbons (Fsp3) is 0.500. The Morgan fingerprint density at radius 1 is 1.73 bits per heavy atom. The van der Waals surface area contributed by atoms with Crippen LogP contribution >= 0.6 is 22.9 Å². The van der Waals surface area contributed by atoms with Gasteiger partial charge in [-0.05, 0) is 24.3 Å². The fourth-order valence-electron chi connectivity index (χ4n) is 1.95. The van der Waals surface area contributed by atoms with Gasteiger partial charge < -0.3 is 9.84 Å². The number of carboxylic acids is 1. The van der Waals surface area contributed by atoms with Crippen molar-refractivity contribution >= 4 is 28.9 Å². The Labute approximate surface area is 96.6 Å². The zero-order chi connectivity index (χ0) is 11.1. The first-order chi connectivity index (χ1) is 7.12. The zero-order valence-corrected chi connectivity index (χ0v) is 9.77. The van der Waals surface area contributed by atoms with Crippen LogP contribution in [0.25, 0.3) is 0 Å². The highest BCUT2D eigenvalue weighted by Crippen LogP contribution is 2.55. The van der Waals surface area contributed by atoms with Crippen molar-refractivity contribution in [3.05, 3.63) is 21.3 Å². The maximum Gasteiger partial charge on any atom is 0.333 e. The molecule has 0 bridgehead atoms. The number of thiophene rings is 1. The largest absolute Gasteiger partial charge is 0.479 e. The summed E-state index contributed by atoms with van der Waals surface area (Å²) < 4.78 is 5.07. The molecule has 1 saturated carbocycles. The maximum atomic E-state index is 11.1. The first kappa shape index (κ1) is 10.9. The Morgan fingerprint density at radius 3 is 2.73 bits per heavy atom. The van der Waals surface area contributed by atoms with Gasteiger partial charge in [-0.15, -0.1) is 11.3 Å². The van der Waals surface area contributed by atoms with E-state index in [4.69, 9.17) is 21.4 Å². The summed E-state index contributed by atoms with van der Waals surface area (Å²) in [5.41, 5.74) is -0.383. The Hall–Kier alpha value is -0.580. The highest BCUT2D eigenvalue weighted by atomic mass is 35.5. The third-order valence-corrected chi connectivity index (χ3v) is 4.38. The van der Waals surface area contributed by atoms with Gasteiger partial charge in [0.2, 0.25) is 0 Å². The van der Waals surface area contributed by atoms with Gasteiger partial charge in [0.1, 0.15) is 0 Å². The van der Waals surface area contributed by atoms with Crippen LogP contribution in [0.3, 0.4) is 0 Å². The SMILES string of the molecule is COC(C(=O)O)C1(c2sccc2Cl)CC1. The average molecular weight is 247 g/mol. The lowest BCUT2D eigenvalue weighted by atomic mass is 9.97. The lowest BCUT2D eigenvalue weighted by Crippen LogP contribution is -2.35. The number of hydrogen-bond acceptors (Lipinski definition) is 3. The Bertz CT molecular complexity index is 384. The van der Waals surface area contributed by atoms with Gasteiger partial charge in [-0.2, -0.15) is 0 Å². The molecule has 1 aromatic heterocycles. The molecular weight excluding hydrogens is 236 g/mol. The lowest BCUT2D eigenvalue weighted by Gasteiger charge is -2.21. The molecule has 15 heavy (non-hydrogen) atoms. The summed E-state index contributed by atoms with van der Waals surface area (Å²) in [6, 6.07) is 1.80. The standard InChI is InChI=1S/C10H11ClO3S/c1-14-7(9(12)13)10(3-4-10)8-6(11)2-5-15-8/h2,5,7H,3-4H2,1H3,(H,12,13). The Kier molecular flexibility index (Phi) is 2.75. The first-order valence-electron chi connectivity index (χ1n) is 4.61. The van der Waals surface area contributed by atoms with Crippen LogP contribution in [0.4, 0.5) is 0 Å². The minimum absolute atomic E-state index is 0.383. The first-order valence-corrected chi connectivity index (χ1v) is 5.86. The van der Waals surface area contributed by atoms with E-state index in [1.807, 2.05) is 5.38 Å². The second-order valence-corrected chi connectivity index (χ2v) is 5.03. The van der Waals surface area contributed by atoms with Crippen molar-refractivity contribution in [2.45, 2.75) is 24.4 Å². The molecule has 1 atom stereocenters. The van der Waals surface area contributed by atoms with Crippen molar-refractivity contribution < 1.29 is 14.6 Å². The molecule has 0 radical (unpaired) electrons. The van der Waals surface area contributed by atoms with Gasteiger partial charge in [0, 0.05) is 17.4 Å². The number of rotatable bonds is 4. The predicted octanol–water partition coefficient (Wildman–Crippen LogP) is 2.53.